The summed E-state index contributed by atoms with van der Waals surface area (Å²) in [6.45, 7) is 4.60. The molecule has 0 heterocycles. The van der Waals surface area contributed by atoms with Gasteiger partial charge in [-0.3, -0.25) is 4.79 Å². The second kappa shape index (κ2) is 5.69. The van der Waals surface area contributed by atoms with E-state index in [1.165, 1.54) is 0 Å². The van der Waals surface area contributed by atoms with Crippen molar-refractivity contribution >= 4 is 39.1 Å². The van der Waals surface area contributed by atoms with Crippen molar-refractivity contribution in [3.63, 3.8) is 0 Å². The average molecular weight is 324 g/mol. The molecule has 0 radical (unpaired) electrons. The molecule has 0 aliphatic rings. The van der Waals surface area contributed by atoms with Crippen LogP contribution < -0.4 is 11.1 Å². The first-order valence-electron chi connectivity index (χ1n) is 5.05. The van der Waals surface area contributed by atoms with Gasteiger partial charge >= 0.3 is 0 Å². The van der Waals surface area contributed by atoms with Crippen molar-refractivity contribution in [1.82, 2.24) is 0 Å². The molecule has 0 unspecified atom stereocenters. The highest BCUT2D eigenvalue weighted by molar-refractivity contribution is 9.10. The van der Waals surface area contributed by atoms with E-state index >= 15 is 0 Å². The van der Waals surface area contributed by atoms with Crippen molar-refractivity contribution in [3.8, 4) is 0 Å². The lowest BCUT2D eigenvalue weighted by Gasteiger charge is -2.14. The minimum Gasteiger partial charge on any atom is -0.384 e. The maximum Gasteiger partial charge on any atom is 0.253 e. The Bertz CT molecular complexity index is 452. The number of nitrogens with one attached hydrogen (secondary N) is 1. The first-order chi connectivity index (χ1) is 7.84. The van der Waals surface area contributed by atoms with Crippen LogP contribution >= 0.6 is 27.5 Å². The Morgan fingerprint density at radius 3 is 2.71 bits per heavy atom. The normalized spacial score (nSPS) is 10.7. The summed E-state index contributed by atoms with van der Waals surface area (Å²) in [6.07, 6.45) is 0. The molecule has 1 rings (SSSR count). The summed E-state index contributed by atoms with van der Waals surface area (Å²) in [5.74, 6) is -1.30. The van der Waals surface area contributed by atoms with Gasteiger partial charge in [-0.05, 0) is 27.9 Å². The van der Waals surface area contributed by atoms with Gasteiger partial charge in [0.1, 0.15) is 0 Å². The SMILES string of the molecule is CC(C)CNc1cc(Br)c(Cl)c(F)c1C(N)=O. The van der Waals surface area contributed by atoms with Gasteiger partial charge in [0.05, 0.1) is 16.3 Å². The Balaban J connectivity index is 3.23. The molecule has 94 valence electrons. The van der Waals surface area contributed by atoms with Gasteiger partial charge in [0.25, 0.3) is 5.91 Å². The molecule has 0 fully saturated rings. The van der Waals surface area contributed by atoms with Gasteiger partial charge in [-0.25, -0.2) is 4.39 Å². The van der Waals surface area contributed by atoms with Crippen molar-refractivity contribution in [3.05, 3.63) is 26.9 Å². The topological polar surface area (TPSA) is 55.1 Å². The summed E-state index contributed by atoms with van der Waals surface area (Å²) in [5.41, 5.74) is 5.29. The number of primary amides is 1. The maximum absolute atomic E-state index is 13.8. The highest BCUT2D eigenvalue weighted by atomic mass is 79.9. The largest absolute Gasteiger partial charge is 0.384 e. The predicted molar refractivity (Wildman–Crippen MR) is 71.0 cm³/mol. The van der Waals surface area contributed by atoms with Gasteiger partial charge < -0.3 is 11.1 Å². The minimum atomic E-state index is -0.844. The molecule has 1 aromatic carbocycles. The van der Waals surface area contributed by atoms with E-state index in [1.807, 2.05) is 13.8 Å². The van der Waals surface area contributed by atoms with Crippen molar-refractivity contribution in [2.24, 2.45) is 11.7 Å². The van der Waals surface area contributed by atoms with Crippen LogP contribution in [-0.4, -0.2) is 12.5 Å². The lowest BCUT2D eigenvalue weighted by molar-refractivity contribution is 0.0997. The fraction of sp³-hybridized carbons (Fsp3) is 0.364. The van der Waals surface area contributed by atoms with E-state index in [0.717, 1.165) is 0 Å². The highest BCUT2D eigenvalue weighted by Gasteiger charge is 2.20. The van der Waals surface area contributed by atoms with E-state index in [2.05, 4.69) is 21.2 Å². The third-order valence-corrected chi connectivity index (χ3v) is 3.33. The number of nitrogens with two attached hydrogens (primary N) is 1. The zero-order valence-electron chi connectivity index (χ0n) is 9.48. The monoisotopic (exact) mass is 322 g/mol. The molecular formula is C11H13BrClFN2O. The van der Waals surface area contributed by atoms with Crippen LogP contribution in [0.15, 0.2) is 10.5 Å². The molecule has 0 atom stereocenters. The highest BCUT2D eigenvalue weighted by Crippen LogP contribution is 2.33. The number of carbonyl (C=O) groups is 1. The van der Waals surface area contributed by atoms with Gasteiger partial charge in [-0.2, -0.15) is 0 Å². The summed E-state index contributed by atoms with van der Waals surface area (Å²) in [6, 6.07) is 1.55. The number of rotatable bonds is 4. The molecule has 0 saturated carbocycles. The quantitative estimate of drug-likeness (QED) is 0.834. The average Bonchev–Trinajstić information content (AvgIpc) is 2.22. The number of hydrogen-bond donors (Lipinski definition) is 2. The fourth-order valence-electron chi connectivity index (χ4n) is 1.29. The number of amides is 1. The molecule has 0 aliphatic heterocycles. The molecule has 6 heteroatoms. The Hall–Kier alpha value is -0.810. The van der Waals surface area contributed by atoms with Crippen molar-refractivity contribution < 1.29 is 9.18 Å². The Morgan fingerprint density at radius 2 is 2.24 bits per heavy atom. The molecule has 0 spiro atoms. The third kappa shape index (κ3) is 3.33. The molecule has 3 N–H and O–H groups in total. The van der Waals surface area contributed by atoms with Crippen LogP contribution in [0.4, 0.5) is 10.1 Å². The van der Waals surface area contributed by atoms with Crippen molar-refractivity contribution in [2.75, 3.05) is 11.9 Å². The molecular weight excluding hydrogens is 310 g/mol. The smallest absolute Gasteiger partial charge is 0.253 e. The molecule has 1 aromatic rings. The van der Waals surface area contributed by atoms with E-state index in [1.54, 1.807) is 6.07 Å². The van der Waals surface area contributed by atoms with Gasteiger partial charge in [-0.1, -0.05) is 25.4 Å². The molecule has 3 nitrogen and oxygen atoms in total. The molecule has 0 saturated heterocycles. The van der Waals surface area contributed by atoms with E-state index in [-0.39, 0.29) is 10.6 Å². The fourth-order valence-corrected chi connectivity index (χ4v) is 1.84. The van der Waals surface area contributed by atoms with Crippen molar-refractivity contribution in [1.29, 1.82) is 0 Å². The van der Waals surface area contributed by atoms with Gasteiger partial charge in [0.2, 0.25) is 0 Å². The number of anilines is 1. The number of benzene rings is 1. The van der Waals surface area contributed by atoms with Crippen LogP contribution in [0, 0.1) is 11.7 Å². The standard InChI is InChI=1S/C11H13BrClFN2O/c1-5(2)4-16-7-3-6(12)9(13)10(14)8(7)11(15)17/h3,5,16H,4H2,1-2H3,(H2,15,17). The molecule has 0 aromatic heterocycles. The number of halogens is 3. The second-order valence-electron chi connectivity index (χ2n) is 4.05. The molecule has 0 bridgehead atoms. The Kier molecular flexibility index (Phi) is 4.77. The Labute approximate surface area is 113 Å². The first kappa shape index (κ1) is 14.3. The van der Waals surface area contributed by atoms with Crippen LogP contribution in [0.25, 0.3) is 0 Å². The molecule has 0 aliphatic carbocycles. The van der Waals surface area contributed by atoms with Gasteiger partial charge in [-0.15, -0.1) is 0 Å². The lowest BCUT2D eigenvalue weighted by atomic mass is 10.1. The predicted octanol–water partition coefficient (Wildman–Crippen LogP) is 3.41. The maximum atomic E-state index is 13.8. The van der Waals surface area contributed by atoms with Crippen LogP contribution in [0.2, 0.25) is 5.02 Å². The van der Waals surface area contributed by atoms with Crippen molar-refractivity contribution in [2.45, 2.75) is 13.8 Å². The summed E-state index contributed by atoms with van der Waals surface area (Å²) in [4.78, 5) is 11.2. The summed E-state index contributed by atoms with van der Waals surface area (Å²) in [7, 11) is 0. The number of carbonyl (C=O) groups excluding carboxylic acids is 1. The first-order valence-corrected chi connectivity index (χ1v) is 6.22. The van der Waals surface area contributed by atoms with E-state index < -0.39 is 11.7 Å². The zero-order chi connectivity index (χ0) is 13.2. The second-order valence-corrected chi connectivity index (χ2v) is 5.28. The summed E-state index contributed by atoms with van der Waals surface area (Å²) < 4.78 is 14.2. The Morgan fingerprint density at radius 1 is 1.65 bits per heavy atom. The summed E-state index contributed by atoms with van der Waals surface area (Å²) >= 11 is 8.83. The number of hydrogen-bond acceptors (Lipinski definition) is 2. The summed E-state index contributed by atoms with van der Waals surface area (Å²) in [5, 5.41) is 2.83. The van der Waals surface area contributed by atoms with Crippen LogP contribution in [0.1, 0.15) is 24.2 Å². The van der Waals surface area contributed by atoms with Gasteiger partial charge in [0, 0.05) is 11.0 Å². The van der Waals surface area contributed by atoms with Crippen LogP contribution in [-0.2, 0) is 0 Å². The van der Waals surface area contributed by atoms with Gasteiger partial charge in [0.15, 0.2) is 5.82 Å². The zero-order valence-corrected chi connectivity index (χ0v) is 11.8. The van der Waals surface area contributed by atoms with Crippen LogP contribution in [0.3, 0.4) is 0 Å². The third-order valence-electron chi connectivity index (χ3n) is 2.11. The minimum absolute atomic E-state index is 0.145. The lowest BCUT2D eigenvalue weighted by Crippen LogP contribution is -2.18. The van der Waals surface area contributed by atoms with E-state index in [9.17, 15) is 9.18 Å². The molecule has 1 amide bonds. The van der Waals surface area contributed by atoms with Crippen LogP contribution in [0.5, 0.6) is 0 Å². The van der Waals surface area contributed by atoms with E-state index in [0.29, 0.717) is 22.6 Å². The van der Waals surface area contributed by atoms with E-state index in [4.69, 9.17) is 17.3 Å². The molecule has 17 heavy (non-hydrogen) atoms.